The monoisotopic (exact) mass is 322 g/mol. The number of benzene rings is 1. The zero-order valence-corrected chi connectivity index (χ0v) is 12.2. The molecule has 21 heavy (non-hydrogen) atoms. The lowest BCUT2D eigenvalue weighted by molar-refractivity contribution is -0.136. The van der Waals surface area contributed by atoms with Crippen molar-refractivity contribution in [3.63, 3.8) is 0 Å². The summed E-state index contributed by atoms with van der Waals surface area (Å²) in [7, 11) is 0. The van der Waals surface area contributed by atoms with Crippen LogP contribution >= 0.6 is 11.8 Å². The van der Waals surface area contributed by atoms with Gasteiger partial charge in [0.1, 0.15) is 0 Å². The molecular weight excluding hydrogens is 305 g/mol. The van der Waals surface area contributed by atoms with E-state index in [0.29, 0.717) is 12.2 Å². The van der Waals surface area contributed by atoms with Crippen LogP contribution in [0, 0.1) is 0 Å². The molecule has 0 saturated carbocycles. The Balaban J connectivity index is 2.75. The zero-order chi connectivity index (χ0) is 15.9. The summed E-state index contributed by atoms with van der Waals surface area (Å²) < 4.78 is 38.4. The summed E-state index contributed by atoms with van der Waals surface area (Å²) in [4.78, 5) is 11.8. The Kier molecular flexibility index (Phi) is 6.83. The number of carbonyl (C=O) groups excluding carboxylic acids is 1. The molecule has 3 N–H and O–H groups in total. The third-order valence-corrected chi connectivity index (χ3v) is 3.40. The van der Waals surface area contributed by atoms with Crippen LogP contribution in [0.3, 0.4) is 0 Å². The number of thioether (sulfide) groups is 1. The number of aliphatic hydroxyl groups is 1. The number of carbonyl (C=O) groups is 1. The maximum atomic E-state index is 12.8. The van der Waals surface area contributed by atoms with Gasteiger partial charge in [0.15, 0.2) is 0 Å². The van der Waals surface area contributed by atoms with Gasteiger partial charge in [-0.05, 0) is 24.8 Å². The van der Waals surface area contributed by atoms with Crippen LogP contribution in [0.25, 0.3) is 0 Å². The van der Waals surface area contributed by atoms with Crippen molar-refractivity contribution < 1.29 is 23.1 Å². The highest BCUT2D eigenvalue weighted by Gasteiger charge is 2.33. The van der Waals surface area contributed by atoms with E-state index in [4.69, 9.17) is 5.11 Å². The fraction of sp³-hybridized carbons (Fsp3) is 0.462. The van der Waals surface area contributed by atoms with Gasteiger partial charge in [-0.2, -0.15) is 24.9 Å². The predicted octanol–water partition coefficient (Wildman–Crippen LogP) is 2.94. The van der Waals surface area contributed by atoms with E-state index in [1.54, 1.807) is 0 Å². The SMILES string of the molecule is CSC[C@H](CCO)NC(=O)Nc1ccccc1C(F)(F)F. The maximum Gasteiger partial charge on any atom is 0.418 e. The van der Waals surface area contributed by atoms with E-state index < -0.39 is 17.8 Å². The molecule has 0 unspecified atom stereocenters. The molecule has 1 aromatic carbocycles. The smallest absolute Gasteiger partial charge is 0.396 e. The van der Waals surface area contributed by atoms with Gasteiger partial charge in [0.05, 0.1) is 11.3 Å². The molecule has 0 radical (unpaired) electrons. The number of para-hydroxylation sites is 1. The maximum absolute atomic E-state index is 12.8. The molecule has 0 aliphatic carbocycles. The minimum atomic E-state index is -4.53. The summed E-state index contributed by atoms with van der Waals surface area (Å²) in [6, 6.07) is 3.75. The van der Waals surface area contributed by atoms with Crippen LogP contribution < -0.4 is 10.6 Å². The van der Waals surface area contributed by atoms with Crippen LogP contribution in [-0.4, -0.2) is 35.8 Å². The molecule has 0 aliphatic rings. The Morgan fingerprint density at radius 2 is 2.05 bits per heavy atom. The second kappa shape index (κ2) is 8.14. The quantitative estimate of drug-likeness (QED) is 0.754. The zero-order valence-electron chi connectivity index (χ0n) is 11.4. The van der Waals surface area contributed by atoms with Gasteiger partial charge in [-0.15, -0.1) is 0 Å². The molecule has 0 saturated heterocycles. The lowest BCUT2D eigenvalue weighted by atomic mass is 10.1. The highest BCUT2D eigenvalue weighted by molar-refractivity contribution is 7.98. The summed E-state index contributed by atoms with van der Waals surface area (Å²) >= 11 is 1.47. The number of urea groups is 1. The average Bonchev–Trinajstić information content (AvgIpc) is 2.38. The third kappa shape index (κ3) is 5.84. The van der Waals surface area contributed by atoms with E-state index in [1.807, 2.05) is 6.26 Å². The molecular formula is C13H17F3N2O2S. The molecule has 8 heteroatoms. The van der Waals surface area contributed by atoms with Crippen molar-refractivity contribution in [3.05, 3.63) is 29.8 Å². The molecule has 0 aliphatic heterocycles. The first-order valence-corrected chi connectivity index (χ1v) is 7.61. The molecule has 1 atom stereocenters. The van der Waals surface area contributed by atoms with Crippen LogP contribution in [0.5, 0.6) is 0 Å². The summed E-state index contributed by atoms with van der Waals surface area (Å²) in [5, 5.41) is 13.6. The number of amides is 2. The number of aliphatic hydroxyl groups excluding tert-OH is 1. The largest absolute Gasteiger partial charge is 0.418 e. The Labute approximate surface area is 125 Å². The molecule has 0 heterocycles. The van der Waals surface area contributed by atoms with Crippen LogP contribution in [-0.2, 0) is 6.18 Å². The van der Waals surface area contributed by atoms with Crippen molar-refractivity contribution in [2.24, 2.45) is 0 Å². The average molecular weight is 322 g/mol. The molecule has 2 amide bonds. The predicted molar refractivity (Wildman–Crippen MR) is 77.5 cm³/mol. The van der Waals surface area contributed by atoms with Crippen LogP contribution in [0.2, 0.25) is 0 Å². The number of rotatable bonds is 6. The Morgan fingerprint density at radius 3 is 2.62 bits per heavy atom. The van der Waals surface area contributed by atoms with E-state index in [1.165, 1.54) is 30.0 Å². The molecule has 118 valence electrons. The molecule has 0 aromatic heterocycles. The van der Waals surface area contributed by atoms with Gasteiger partial charge in [0.25, 0.3) is 0 Å². The minimum Gasteiger partial charge on any atom is -0.396 e. The van der Waals surface area contributed by atoms with Gasteiger partial charge in [-0.3, -0.25) is 0 Å². The topological polar surface area (TPSA) is 61.4 Å². The molecule has 0 fully saturated rings. The second-order valence-electron chi connectivity index (χ2n) is 4.31. The third-order valence-electron chi connectivity index (χ3n) is 2.66. The van der Waals surface area contributed by atoms with E-state index in [9.17, 15) is 18.0 Å². The molecule has 1 aromatic rings. The van der Waals surface area contributed by atoms with Crippen molar-refractivity contribution in [2.75, 3.05) is 23.9 Å². The number of hydrogen-bond acceptors (Lipinski definition) is 3. The van der Waals surface area contributed by atoms with Crippen LogP contribution in [0.4, 0.5) is 23.7 Å². The highest BCUT2D eigenvalue weighted by Crippen LogP contribution is 2.34. The first-order chi connectivity index (χ1) is 9.88. The summed E-state index contributed by atoms with van der Waals surface area (Å²) in [6.45, 7) is -0.107. The summed E-state index contributed by atoms with van der Waals surface area (Å²) in [5.74, 6) is 0.564. The van der Waals surface area contributed by atoms with Crippen molar-refractivity contribution in [1.29, 1.82) is 0 Å². The van der Waals surface area contributed by atoms with Crippen molar-refractivity contribution >= 4 is 23.5 Å². The second-order valence-corrected chi connectivity index (χ2v) is 5.22. The Bertz CT molecular complexity index is 463. The van der Waals surface area contributed by atoms with E-state index >= 15 is 0 Å². The first-order valence-electron chi connectivity index (χ1n) is 6.22. The van der Waals surface area contributed by atoms with Crippen molar-refractivity contribution in [3.8, 4) is 0 Å². The number of halogens is 3. The van der Waals surface area contributed by atoms with Gasteiger partial charge in [-0.25, -0.2) is 4.79 Å². The summed E-state index contributed by atoms with van der Waals surface area (Å²) in [6.07, 6.45) is -2.36. The summed E-state index contributed by atoms with van der Waals surface area (Å²) in [5.41, 5.74) is -1.20. The highest BCUT2D eigenvalue weighted by atomic mass is 32.2. The fourth-order valence-electron chi connectivity index (χ4n) is 1.74. The normalized spacial score (nSPS) is 12.8. The minimum absolute atomic E-state index is 0.107. The van der Waals surface area contributed by atoms with Crippen molar-refractivity contribution in [2.45, 2.75) is 18.6 Å². The molecule has 0 spiro atoms. The molecule has 0 bridgehead atoms. The van der Waals surface area contributed by atoms with Gasteiger partial charge in [0.2, 0.25) is 0 Å². The van der Waals surface area contributed by atoms with Gasteiger partial charge < -0.3 is 15.7 Å². The molecule has 1 rings (SSSR count). The van der Waals surface area contributed by atoms with Crippen LogP contribution in [0.1, 0.15) is 12.0 Å². The fourth-order valence-corrected chi connectivity index (χ4v) is 2.39. The number of hydrogen-bond donors (Lipinski definition) is 3. The Hall–Kier alpha value is -1.41. The standard InChI is InChI=1S/C13H17F3N2O2S/c1-21-8-9(6-7-19)17-12(20)18-11-5-3-2-4-10(11)13(14,15)16/h2-5,9,19H,6-8H2,1H3,(H2,17,18,20)/t9-/m0/s1. The van der Waals surface area contributed by atoms with Gasteiger partial charge in [-0.1, -0.05) is 12.1 Å². The van der Waals surface area contributed by atoms with E-state index in [2.05, 4.69) is 10.6 Å². The van der Waals surface area contributed by atoms with E-state index in [-0.39, 0.29) is 18.3 Å². The van der Waals surface area contributed by atoms with E-state index in [0.717, 1.165) is 6.07 Å². The molecule has 4 nitrogen and oxygen atoms in total. The van der Waals surface area contributed by atoms with Gasteiger partial charge >= 0.3 is 12.2 Å². The Morgan fingerprint density at radius 1 is 1.38 bits per heavy atom. The lowest BCUT2D eigenvalue weighted by Gasteiger charge is -2.18. The number of alkyl halides is 3. The van der Waals surface area contributed by atoms with Gasteiger partial charge in [0, 0.05) is 18.4 Å². The van der Waals surface area contributed by atoms with Crippen molar-refractivity contribution in [1.82, 2.24) is 5.32 Å². The first kappa shape index (κ1) is 17.6. The number of nitrogens with one attached hydrogen (secondary N) is 2. The lowest BCUT2D eigenvalue weighted by Crippen LogP contribution is -2.40. The number of anilines is 1. The van der Waals surface area contributed by atoms with Crippen LogP contribution in [0.15, 0.2) is 24.3 Å².